The van der Waals surface area contributed by atoms with Gasteiger partial charge in [-0.25, -0.2) is 15.8 Å². The molecule has 2 fully saturated rings. The summed E-state index contributed by atoms with van der Waals surface area (Å²) in [4.78, 5) is 27.5. The summed E-state index contributed by atoms with van der Waals surface area (Å²) in [6, 6.07) is 6.34. The zero-order valence-electron chi connectivity index (χ0n) is 27.3. The van der Waals surface area contributed by atoms with Gasteiger partial charge in [-0.15, -0.1) is 0 Å². The van der Waals surface area contributed by atoms with Gasteiger partial charge in [0.05, 0.1) is 32.3 Å². The number of nitrogens with two attached hydrogens (primary N) is 2. The Bertz CT molecular complexity index is 1250. The minimum atomic E-state index is -0.662. The van der Waals surface area contributed by atoms with Crippen molar-refractivity contribution in [3.8, 4) is 5.75 Å². The SMILES string of the molecule is C=C(/C=C\C(=C/CC)c1ccc2c(c1)CC1(CCN(CN)CC1)O2)NC(=O)N1CCOCC1.C=NN(N)CC(C)(C)C(=O)OC. The number of hydrazine groups is 1. The molecular formula is C33H51N7O5. The molecule has 3 aliphatic heterocycles. The van der Waals surface area contributed by atoms with Gasteiger partial charge in [0.1, 0.15) is 11.4 Å². The number of carbonyl (C=O) groups excluding carboxylic acids is 2. The predicted molar refractivity (Wildman–Crippen MR) is 177 cm³/mol. The Morgan fingerprint density at radius 2 is 1.89 bits per heavy atom. The summed E-state index contributed by atoms with van der Waals surface area (Å²) in [5.74, 6) is 6.03. The molecule has 0 saturated carbocycles. The summed E-state index contributed by atoms with van der Waals surface area (Å²) >= 11 is 0. The lowest BCUT2D eigenvalue weighted by Gasteiger charge is -2.38. The number of hydrazone groups is 1. The smallest absolute Gasteiger partial charge is 0.321 e. The number of nitrogens with one attached hydrogen (secondary N) is 1. The monoisotopic (exact) mass is 625 g/mol. The van der Waals surface area contributed by atoms with Gasteiger partial charge < -0.3 is 30.2 Å². The number of allylic oxidation sites excluding steroid dienone is 4. The summed E-state index contributed by atoms with van der Waals surface area (Å²) in [6.45, 7) is 18.0. The lowest BCUT2D eigenvalue weighted by atomic mass is 9.86. The Kier molecular flexibility index (Phi) is 13.2. The Morgan fingerprint density at radius 1 is 1.20 bits per heavy atom. The fourth-order valence-corrected chi connectivity index (χ4v) is 5.55. The van der Waals surface area contributed by atoms with Crippen LogP contribution in [0, 0.1) is 5.41 Å². The van der Waals surface area contributed by atoms with Gasteiger partial charge in [-0.1, -0.05) is 31.7 Å². The fourth-order valence-electron chi connectivity index (χ4n) is 5.55. The highest BCUT2D eigenvalue weighted by Crippen LogP contribution is 2.42. The van der Waals surface area contributed by atoms with Crippen molar-refractivity contribution in [3.63, 3.8) is 0 Å². The van der Waals surface area contributed by atoms with E-state index in [0.717, 1.165) is 60.8 Å². The summed E-state index contributed by atoms with van der Waals surface area (Å²) in [5, 5.41) is 7.43. The molecule has 45 heavy (non-hydrogen) atoms. The number of esters is 1. The normalized spacial score (nSPS) is 18.0. The average Bonchev–Trinajstić information content (AvgIpc) is 3.40. The van der Waals surface area contributed by atoms with Crippen LogP contribution in [0.25, 0.3) is 5.57 Å². The molecule has 12 nitrogen and oxygen atoms in total. The van der Waals surface area contributed by atoms with E-state index in [-0.39, 0.29) is 24.1 Å². The van der Waals surface area contributed by atoms with Crippen LogP contribution in [-0.4, -0.2) is 99.0 Å². The fraction of sp³-hybridized carbons (Fsp3) is 0.545. The van der Waals surface area contributed by atoms with Crippen LogP contribution in [0.4, 0.5) is 4.79 Å². The van der Waals surface area contributed by atoms with E-state index in [0.29, 0.717) is 38.7 Å². The molecule has 2 amide bonds. The molecule has 0 aliphatic carbocycles. The minimum absolute atomic E-state index is 0.0881. The number of hydrogen-bond donors (Lipinski definition) is 3. The molecule has 1 spiro atoms. The van der Waals surface area contributed by atoms with Crippen LogP contribution in [0.3, 0.4) is 0 Å². The van der Waals surface area contributed by atoms with Gasteiger partial charge >= 0.3 is 12.0 Å². The van der Waals surface area contributed by atoms with Crippen molar-refractivity contribution in [2.24, 2.45) is 22.1 Å². The van der Waals surface area contributed by atoms with Crippen molar-refractivity contribution in [2.45, 2.75) is 52.1 Å². The first-order valence-corrected chi connectivity index (χ1v) is 15.5. The molecular weight excluding hydrogens is 574 g/mol. The van der Waals surface area contributed by atoms with Gasteiger partial charge in [-0.2, -0.15) is 5.10 Å². The van der Waals surface area contributed by atoms with Gasteiger partial charge in [0, 0.05) is 64.5 Å². The summed E-state index contributed by atoms with van der Waals surface area (Å²) in [6.07, 6.45) is 9.97. The van der Waals surface area contributed by atoms with Crippen molar-refractivity contribution in [1.29, 1.82) is 0 Å². The number of nitrogens with zero attached hydrogens (tertiary/aromatic N) is 4. The molecule has 248 valence electrons. The lowest BCUT2D eigenvalue weighted by Crippen LogP contribution is -2.48. The number of piperidine rings is 1. The first-order chi connectivity index (χ1) is 21.5. The highest BCUT2D eigenvalue weighted by atomic mass is 16.5. The van der Waals surface area contributed by atoms with Crippen molar-refractivity contribution in [1.82, 2.24) is 20.2 Å². The van der Waals surface area contributed by atoms with Gasteiger partial charge in [0.25, 0.3) is 0 Å². The first-order valence-electron chi connectivity index (χ1n) is 15.5. The van der Waals surface area contributed by atoms with E-state index >= 15 is 0 Å². The molecule has 2 saturated heterocycles. The van der Waals surface area contributed by atoms with E-state index in [1.807, 2.05) is 12.2 Å². The average molecular weight is 626 g/mol. The highest BCUT2D eigenvalue weighted by molar-refractivity contribution is 5.78. The molecule has 12 heteroatoms. The number of benzene rings is 1. The van der Waals surface area contributed by atoms with Crippen LogP contribution in [0.5, 0.6) is 5.75 Å². The second kappa shape index (κ2) is 16.6. The number of carbonyl (C=O) groups is 2. The van der Waals surface area contributed by atoms with Crippen LogP contribution in [0.2, 0.25) is 0 Å². The molecule has 0 aromatic heterocycles. The first kappa shape index (κ1) is 35.8. The Morgan fingerprint density at radius 3 is 2.49 bits per heavy atom. The maximum atomic E-state index is 12.4. The second-order valence-corrected chi connectivity index (χ2v) is 12.2. The zero-order chi connectivity index (χ0) is 33.0. The van der Waals surface area contributed by atoms with E-state index < -0.39 is 5.41 Å². The summed E-state index contributed by atoms with van der Waals surface area (Å²) in [5.41, 5.74) is 9.16. The Labute approximate surface area is 267 Å². The number of morpholine rings is 1. The number of ether oxygens (including phenoxy) is 3. The molecule has 1 aromatic rings. The quantitative estimate of drug-likeness (QED) is 0.117. The zero-order valence-corrected chi connectivity index (χ0v) is 27.3. The van der Waals surface area contributed by atoms with E-state index in [1.165, 1.54) is 12.7 Å². The van der Waals surface area contributed by atoms with Crippen LogP contribution >= 0.6 is 0 Å². The maximum absolute atomic E-state index is 12.4. The molecule has 0 radical (unpaired) electrons. The number of urea groups is 1. The highest BCUT2D eigenvalue weighted by Gasteiger charge is 2.41. The second-order valence-electron chi connectivity index (χ2n) is 12.2. The third-order valence-corrected chi connectivity index (χ3v) is 8.19. The molecule has 0 bridgehead atoms. The third-order valence-electron chi connectivity index (χ3n) is 8.19. The standard InChI is InChI=1S/C26H36N4O3.C7H15N3O2/c1-3-4-21(6-5-20(2)28-25(31)30-13-15-32-16-14-30)22-7-8-24-23(17-22)18-26(33-24)9-11-29(19-27)12-10-26;1-7(2,6(11)12-4)5-10(8)9-3/h4-8,17H,2-3,9-16,18-19,27H2,1H3,(H,28,31);3,5,8H2,1-2,4H3/b6-5-,21-4+;. The minimum Gasteiger partial charge on any atom is -0.487 e. The number of methoxy groups -OCH3 is 1. The number of fused-ring (bicyclic) bond motifs is 1. The van der Waals surface area contributed by atoms with Crippen molar-refractivity contribution >= 4 is 24.3 Å². The van der Waals surface area contributed by atoms with E-state index in [2.05, 4.69) is 64.6 Å². The van der Waals surface area contributed by atoms with Crippen molar-refractivity contribution < 1.29 is 23.8 Å². The number of amides is 2. The van der Waals surface area contributed by atoms with Crippen LogP contribution < -0.4 is 21.6 Å². The van der Waals surface area contributed by atoms with Crippen molar-refractivity contribution in [3.05, 3.63) is 59.8 Å². The maximum Gasteiger partial charge on any atom is 0.321 e. The molecule has 3 aliphatic rings. The predicted octanol–water partition coefficient (Wildman–Crippen LogP) is 3.25. The molecule has 4 rings (SSSR count). The number of rotatable bonds is 10. The molecule has 0 atom stereocenters. The summed E-state index contributed by atoms with van der Waals surface area (Å²) in [7, 11) is 1.34. The lowest BCUT2D eigenvalue weighted by molar-refractivity contribution is -0.151. The van der Waals surface area contributed by atoms with E-state index in [4.69, 9.17) is 21.1 Å². The van der Waals surface area contributed by atoms with Gasteiger partial charge in [-0.3, -0.25) is 9.69 Å². The Hall–Kier alpha value is -3.71. The third kappa shape index (κ3) is 10.1. The molecule has 0 unspecified atom stereocenters. The van der Waals surface area contributed by atoms with E-state index in [9.17, 15) is 9.59 Å². The summed E-state index contributed by atoms with van der Waals surface area (Å²) < 4.78 is 16.3. The number of hydrogen-bond acceptors (Lipinski definition) is 10. The van der Waals surface area contributed by atoms with Crippen LogP contribution in [-0.2, 0) is 20.7 Å². The largest absolute Gasteiger partial charge is 0.487 e. The van der Waals surface area contributed by atoms with Crippen molar-refractivity contribution in [2.75, 3.05) is 59.7 Å². The van der Waals surface area contributed by atoms with Gasteiger partial charge in [0.2, 0.25) is 0 Å². The van der Waals surface area contributed by atoms with Gasteiger partial charge in [0.15, 0.2) is 0 Å². The Balaban J connectivity index is 0.000000392. The molecule has 5 N–H and O–H groups in total. The van der Waals surface area contributed by atoms with Crippen LogP contribution in [0.1, 0.15) is 51.2 Å². The van der Waals surface area contributed by atoms with E-state index in [1.54, 1.807) is 18.7 Å². The molecule has 1 aromatic carbocycles. The van der Waals surface area contributed by atoms with Gasteiger partial charge in [-0.05, 0) is 55.2 Å². The van der Waals surface area contributed by atoms with Crippen LogP contribution in [0.15, 0.2) is 53.8 Å². The number of likely N-dealkylation sites (tertiary alicyclic amines) is 1. The topological polar surface area (TPSA) is 148 Å². The molecule has 3 heterocycles.